The van der Waals surface area contributed by atoms with Gasteiger partial charge in [0.25, 0.3) is 0 Å². The van der Waals surface area contributed by atoms with E-state index in [9.17, 15) is 4.79 Å². The Kier molecular flexibility index (Phi) is 5.81. The van der Waals surface area contributed by atoms with E-state index in [0.717, 1.165) is 52.8 Å². The predicted octanol–water partition coefficient (Wildman–Crippen LogP) is 4.51. The van der Waals surface area contributed by atoms with Gasteiger partial charge in [-0.3, -0.25) is 9.82 Å². The van der Waals surface area contributed by atoms with Gasteiger partial charge in [0.05, 0.1) is 20.3 Å². The third kappa shape index (κ3) is 4.08. The number of rotatable bonds is 4. The largest absolute Gasteiger partial charge is 0.494 e. The van der Waals surface area contributed by atoms with Crippen LogP contribution in [0.3, 0.4) is 0 Å². The summed E-state index contributed by atoms with van der Waals surface area (Å²) >= 11 is 0. The molecule has 0 unspecified atom stereocenters. The lowest BCUT2D eigenvalue weighted by atomic mass is 10.0. The number of aromatic nitrogens is 1. The highest BCUT2D eigenvalue weighted by Gasteiger charge is 2.29. The smallest absolute Gasteiger partial charge is 0.343 e. The van der Waals surface area contributed by atoms with Gasteiger partial charge in [0, 0.05) is 43.1 Å². The van der Waals surface area contributed by atoms with Crippen molar-refractivity contribution >= 4 is 16.9 Å². The van der Waals surface area contributed by atoms with Crippen LogP contribution in [0.4, 0.5) is 4.79 Å². The molecule has 0 saturated carbocycles. The van der Waals surface area contributed by atoms with Crippen molar-refractivity contribution in [1.82, 2.24) is 14.9 Å². The molecule has 32 heavy (non-hydrogen) atoms. The quantitative estimate of drug-likeness (QED) is 0.606. The van der Waals surface area contributed by atoms with Crippen LogP contribution in [-0.2, 0) is 4.84 Å². The monoisotopic (exact) mass is 433 g/mol. The van der Waals surface area contributed by atoms with Gasteiger partial charge in [0.15, 0.2) is 5.75 Å². The molecular weight excluding hydrogens is 406 g/mol. The summed E-state index contributed by atoms with van der Waals surface area (Å²) in [5.74, 6) is 1.61. The van der Waals surface area contributed by atoms with Crippen molar-refractivity contribution in [2.75, 3.05) is 33.4 Å². The molecule has 166 valence electrons. The van der Waals surface area contributed by atoms with Crippen molar-refractivity contribution in [3.63, 3.8) is 0 Å². The highest BCUT2D eigenvalue weighted by Crippen LogP contribution is 2.36. The molecular formula is C25H27N3O4. The molecule has 5 rings (SSSR count). The minimum absolute atomic E-state index is 0.0240. The Morgan fingerprint density at radius 3 is 2.59 bits per heavy atom. The van der Waals surface area contributed by atoms with Crippen molar-refractivity contribution in [3.8, 4) is 22.6 Å². The Bertz CT molecular complexity index is 1090. The number of ether oxygens (including phenoxy) is 2. The first-order valence-corrected chi connectivity index (χ1v) is 11.1. The second-order valence-electron chi connectivity index (χ2n) is 8.12. The van der Waals surface area contributed by atoms with E-state index < -0.39 is 0 Å². The summed E-state index contributed by atoms with van der Waals surface area (Å²) in [6.07, 6.45) is 4.41. The number of hydrogen-bond acceptors (Lipinski definition) is 5. The molecule has 2 fully saturated rings. The van der Waals surface area contributed by atoms with Gasteiger partial charge in [0.2, 0.25) is 0 Å². The molecule has 7 nitrogen and oxygen atoms in total. The number of benzene rings is 2. The SMILES string of the molecule is COc1c(-c2ccc(OC3CCN(C(=O)N4CCCO4)CC3)cc2)ccc2cccnc12. The van der Waals surface area contributed by atoms with Crippen molar-refractivity contribution in [2.24, 2.45) is 0 Å². The molecule has 0 aliphatic carbocycles. The molecule has 3 aromatic rings. The maximum atomic E-state index is 12.4. The van der Waals surface area contributed by atoms with Gasteiger partial charge in [-0.1, -0.05) is 24.3 Å². The van der Waals surface area contributed by atoms with E-state index in [1.807, 2.05) is 41.3 Å². The number of nitrogens with zero attached hydrogens (tertiary/aromatic N) is 3. The second kappa shape index (κ2) is 9.04. The number of pyridine rings is 1. The molecule has 0 N–H and O–H groups in total. The number of hydroxylamine groups is 2. The first kappa shape index (κ1) is 20.6. The van der Waals surface area contributed by atoms with Gasteiger partial charge in [-0.2, -0.15) is 0 Å². The maximum absolute atomic E-state index is 12.4. The van der Waals surface area contributed by atoms with Crippen LogP contribution >= 0.6 is 0 Å². The van der Waals surface area contributed by atoms with Crippen LogP contribution in [0.2, 0.25) is 0 Å². The number of amides is 2. The van der Waals surface area contributed by atoms with E-state index in [2.05, 4.69) is 17.1 Å². The van der Waals surface area contributed by atoms with Crippen molar-refractivity contribution in [3.05, 3.63) is 54.7 Å². The number of carbonyl (C=O) groups is 1. The lowest BCUT2D eigenvalue weighted by molar-refractivity contribution is -0.0797. The number of carbonyl (C=O) groups excluding carboxylic acids is 1. The molecule has 7 heteroatoms. The van der Waals surface area contributed by atoms with E-state index in [0.29, 0.717) is 26.2 Å². The van der Waals surface area contributed by atoms with Crippen LogP contribution in [0, 0.1) is 0 Å². The van der Waals surface area contributed by atoms with Crippen LogP contribution in [-0.4, -0.2) is 60.4 Å². The second-order valence-corrected chi connectivity index (χ2v) is 8.12. The summed E-state index contributed by atoms with van der Waals surface area (Å²) in [5.41, 5.74) is 2.91. The van der Waals surface area contributed by atoms with E-state index in [1.165, 1.54) is 5.06 Å². The zero-order valence-electron chi connectivity index (χ0n) is 18.2. The molecule has 2 amide bonds. The standard InChI is InChI=1S/C25H27N3O4/c1-30-24-22(10-7-19-4-2-13-26-23(19)24)18-5-8-20(9-6-18)32-21-11-15-27(16-12-21)25(29)28-14-3-17-31-28/h2,4-10,13,21H,3,11-12,14-17H2,1H3. The predicted molar refractivity (Wildman–Crippen MR) is 122 cm³/mol. The average Bonchev–Trinajstić information content (AvgIpc) is 3.39. The Morgan fingerprint density at radius 2 is 1.88 bits per heavy atom. The number of fused-ring (bicyclic) bond motifs is 1. The average molecular weight is 434 g/mol. The molecule has 0 spiro atoms. The minimum Gasteiger partial charge on any atom is -0.494 e. The fourth-order valence-corrected chi connectivity index (χ4v) is 4.38. The first-order chi connectivity index (χ1) is 15.7. The van der Waals surface area contributed by atoms with E-state index in [-0.39, 0.29) is 12.1 Å². The number of likely N-dealkylation sites (tertiary alicyclic amines) is 1. The van der Waals surface area contributed by atoms with E-state index in [1.54, 1.807) is 13.3 Å². The molecule has 2 aromatic carbocycles. The van der Waals surface area contributed by atoms with Gasteiger partial charge < -0.3 is 14.4 Å². The van der Waals surface area contributed by atoms with Gasteiger partial charge >= 0.3 is 6.03 Å². The molecule has 3 heterocycles. The van der Waals surface area contributed by atoms with Crippen LogP contribution in [0.15, 0.2) is 54.7 Å². The third-order valence-electron chi connectivity index (χ3n) is 6.08. The molecule has 1 aromatic heterocycles. The first-order valence-electron chi connectivity index (χ1n) is 11.1. The number of urea groups is 1. The maximum Gasteiger partial charge on any atom is 0.343 e. The summed E-state index contributed by atoms with van der Waals surface area (Å²) in [7, 11) is 1.68. The van der Waals surface area contributed by atoms with Gasteiger partial charge in [-0.05, 0) is 36.2 Å². The van der Waals surface area contributed by atoms with Crippen molar-refractivity contribution in [1.29, 1.82) is 0 Å². The summed E-state index contributed by atoms with van der Waals surface area (Å²) in [5, 5.41) is 2.53. The highest BCUT2D eigenvalue weighted by molar-refractivity contribution is 5.92. The summed E-state index contributed by atoms with van der Waals surface area (Å²) in [6, 6.07) is 16.1. The molecule has 2 aliphatic heterocycles. The van der Waals surface area contributed by atoms with E-state index >= 15 is 0 Å². The van der Waals surface area contributed by atoms with Gasteiger partial charge in [-0.25, -0.2) is 9.86 Å². The van der Waals surface area contributed by atoms with E-state index in [4.69, 9.17) is 14.3 Å². The van der Waals surface area contributed by atoms with Gasteiger partial charge in [0.1, 0.15) is 17.4 Å². The van der Waals surface area contributed by atoms with Crippen LogP contribution in [0.5, 0.6) is 11.5 Å². The topological polar surface area (TPSA) is 64.1 Å². The summed E-state index contributed by atoms with van der Waals surface area (Å²) < 4.78 is 11.9. The fourth-order valence-electron chi connectivity index (χ4n) is 4.38. The zero-order chi connectivity index (χ0) is 21.9. The molecule has 0 radical (unpaired) electrons. The highest BCUT2D eigenvalue weighted by atomic mass is 16.7. The third-order valence-corrected chi connectivity index (χ3v) is 6.08. The van der Waals surface area contributed by atoms with Crippen molar-refractivity contribution < 1.29 is 19.1 Å². The zero-order valence-corrected chi connectivity index (χ0v) is 18.2. The molecule has 0 atom stereocenters. The minimum atomic E-state index is -0.0240. The Hall–Kier alpha value is -3.32. The van der Waals surface area contributed by atoms with Gasteiger partial charge in [-0.15, -0.1) is 0 Å². The lowest BCUT2D eigenvalue weighted by Gasteiger charge is -2.33. The van der Waals surface area contributed by atoms with Crippen LogP contribution < -0.4 is 9.47 Å². The molecule has 2 saturated heterocycles. The Balaban J connectivity index is 1.23. The number of piperidine rings is 1. The fraction of sp³-hybridized carbons (Fsp3) is 0.360. The summed E-state index contributed by atoms with van der Waals surface area (Å²) in [6.45, 7) is 2.67. The van der Waals surface area contributed by atoms with Crippen LogP contribution in [0.25, 0.3) is 22.0 Å². The summed E-state index contributed by atoms with van der Waals surface area (Å²) in [4.78, 5) is 24.2. The molecule has 2 aliphatic rings. The number of hydrogen-bond donors (Lipinski definition) is 0. The Morgan fingerprint density at radius 1 is 1.06 bits per heavy atom. The Labute approximate surface area is 187 Å². The molecule has 0 bridgehead atoms. The van der Waals surface area contributed by atoms with Crippen molar-refractivity contribution in [2.45, 2.75) is 25.4 Å². The normalized spacial score (nSPS) is 17.0. The number of methoxy groups -OCH3 is 1. The lowest BCUT2D eigenvalue weighted by Crippen LogP contribution is -2.47. The van der Waals surface area contributed by atoms with Crippen LogP contribution in [0.1, 0.15) is 19.3 Å².